The first-order valence-electron chi connectivity index (χ1n) is 6.13. The lowest BCUT2D eigenvalue weighted by molar-refractivity contribution is 0.675. The van der Waals surface area contributed by atoms with Gasteiger partial charge in [-0.25, -0.2) is 4.98 Å². The van der Waals surface area contributed by atoms with E-state index in [1.54, 1.807) is 11.3 Å². The van der Waals surface area contributed by atoms with Gasteiger partial charge in [-0.1, -0.05) is 23.5 Å². The summed E-state index contributed by atoms with van der Waals surface area (Å²) in [6, 6.07) is 9.11. The van der Waals surface area contributed by atoms with Crippen LogP contribution in [-0.4, -0.2) is 31.2 Å². The van der Waals surface area contributed by atoms with E-state index in [-0.39, 0.29) is 0 Å². The number of hydrogen-bond donors (Lipinski definition) is 1. The predicted octanol–water partition coefficient (Wildman–Crippen LogP) is 2.48. The van der Waals surface area contributed by atoms with Crippen LogP contribution in [-0.2, 0) is 0 Å². The molecule has 0 saturated heterocycles. The number of thiazole rings is 1. The van der Waals surface area contributed by atoms with Crippen molar-refractivity contribution in [2.24, 2.45) is 0 Å². The second-order valence-corrected chi connectivity index (χ2v) is 5.62. The molecule has 3 nitrogen and oxygen atoms in total. The standard InChI is InChI=1S/C13H17N3S/c1-16(9-8-14-10-6-7-10)13-15-11-4-2-3-5-12(11)17-13/h2-5,10,14H,6-9H2,1H3. The number of rotatable bonds is 5. The molecule has 1 saturated carbocycles. The Morgan fingerprint density at radius 1 is 1.41 bits per heavy atom. The van der Waals surface area contributed by atoms with Gasteiger partial charge in [0.05, 0.1) is 10.2 Å². The maximum atomic E-state index is 4.64. The fourth-order valence-electron chi connectivity index (χ4n) is 1.84. The lowest BCUT2D eigenvalue weighted by atomic mass is 10.3. The van der Waals surface area contributed by atoms with E-state index < -0.39 is 0 Å². The van der Waals surface area contributed by atoms with Crippen LogP contribution in [0.5, 0.6) is 0 Å². The third kappa shape index (κ3) is 2.58. The van der Waals surface area contributed by atoms with E-state index in [2.05, 4.69) is 40.4 Å². The Balaban J connectivity index is 1.64. The number of hydrogen-bond acceptors (Lipinski definition) is 4. The number of likely N-dealkylation sites (N-methyl/N-ethyl adjacent to an activating group) is 1. The van der Waals surface area contributed by atoms with E-state index in [9.17, 15) is 0 Å². The molecule has 0 amide bonds. The molecule has 1 aromatic carbocycles. The van der Waals surface area contributed by atoms with Crippen molar-refractivity contribution in [2.45, 2.75) is 18.9 Å². The molecule has 0 atom stereocenters. The van der Waals surface area contributed by atoms with E-state index >= 15 is 0 Å². The molecule has 2 aromatic rings. The molecule has 1 N–H and O–H groups in total. The Morgan fingerprint density at radius 3 is 3.00 bits per heavy atom. The smallest absolute Gasteiger partial charge is 0.186 e. The van der Waals surface area contributed by atoms with Gasteiger partial charge in [-0.15, -0.1) is 0 Å². The topological polar surface area (TPSA) is 28.2 Å². The minimum Gasteiger partial charge on any atom is -0.350 e. The van der Waals surface area contributed by atoms with Crippen LogP contribution in [0.1, 0.15) is 12.8 Å². The molecular formula is C13H17N3S. The van der Waals surface area contributed by atoms with Crippen molar-refractivity contribution in [1.82, 2.24) is 10.3 Å². The lowest BCUT2D eigenvalue weighted by Gasteiger charge is -2.15. The van der Waals surface area contributed by atoms with Crippen molar-refractivity contribution in [3.63, 3.8) is 0 Å². The second kappa shape index (κ2) is 4.63. The van der Waals surface area contributed by atoms with Crippen LogP contribution in [0.15, 0.2) is 24.3 Å². The first kappa shape index (κ1) is 11.0. The van der Waals surface area contributed by atoms with E-state index in [1.165, 1.54) is 17.5 Å². The molecule has 0 bridgehead atoms. The van der Waals surface area contributed by atoms with Gasteiger partial charge in [0.1, 0.15) is 0 Å². The Kier molecular flexibility index (Phi) is 2.99. The molecule has 90 valence electrons. The zero-order valence-corrected chi connectivity index (χ0v) is 10.8. The molecule has 4 heteroatoms. The Morgan fingerprint density at radius 2 is 2.24 bits per heavy atom. The average molecular weight is 247 g/mol. The van der Waals surface area contributed by atoms with Gasteiger partial charge in [0.2, 0.25) is 0 Å². The van der Waals surface area contributed by atoms with E-state index in [0.29, 0.717) is 0 Å². The van der Waals surface area contributed by atoms with Crippen LogP contribution in [0.4, 0.5) is 5.13 Å². The number of nitrogens with zero attached hydrogens (tertiary/aromatic N) is 2. The third-order valence-electron chi connectivity index (χ3n) is 3.07. The van der Waals surface area contributed by atoms with Crippen molar-refractivity contribution in [3.05, 3.63) is 24.3 Å². The zero-order valence-electron chi connectivity index (χ0n) is 10.0. The van der Waals surface area contributed by atoms with Crippen LogP contribution in [0, 0.1) is 0 Å². The third-order valence-corrected chi connectivity index (χ3v) is 4.22. The Hall–Kier alpha value is -1.13. The molecule has 1 aromatic heterocycles. The SMILES string of the molecule is CN(CCNC1CC1)c1nc2ccccc2s1. The van der Waals surface area contributed by atoms with E-state index in [1.807, 2.05) is 6.07 Å². The highest BCUT2D eigenvalue weighted by Gasteiger charge is 2.20. The van der Waals surface area contributed by atoms with Gasteiger partial charge in [-0.3, -0.25) is 0 Å². The van der Waals surface area contributed by atoms with Crippen LogP contribution in [0.25, 0.3) is 10.2 Å². The number of nitrogens with one attached hydrogen (secondary N) is 1. The number of fused-ring (bicyclic) bond motifs is 1. The summed E-state index contributed by atoms with van der Waals surface area (Å²) in [5.74, 6) is 0. The predicted molar refractivity (Wildman–Crippen MR) is 73.9 cm³/mol. The van der Waals surface area contributed by atoms with Crippen molar-refractivity contribution < 1.29 is 0 Å². The van der Waals surface area contributed by atoms with Gasteiger partial charge >= 0.3 is 0 Å². The van der Waals surface area contributed by atoms with Gasteiger partial charge in [0.25, 0.3) is 0 Å². The number of para-hydroxylation sites is 1. The number of benzene rings is 1. The summed E-state index contributed by atoms with van der Waals surface area (Å²) in [5.41, 5.74) is 1.11. The van der Waals surface area contributed by atoms with E-state index in [0.717, 1.165) is 29.8 Å². The molecule has 0 aliphatic heterocycles. The lowest BCUT2D eigenvalue weighted by Crippen LogP contribution is -2.30. The molecule has 17 heavy (non-hydrogen) atoms. The van der Waals surface area contributed by atoms with Crippen LogP contribution >= 0.6 is 11.3 Å². The maximum absolute atomic E-state index is 4.64. The van der Waals surface area contributed by atoms with Crippen molar-refractivity contribution in [1.29, 1.82) is 0 Å². The molecular weight excluding hydrogens is 230 g/mol. The highest BCUT2D eigenvalue weighted by atomic mass is 32.1. The van der Waals surface area contributed by atoms with Crippen molar-refractivity contribution >= 4 is 26.7 Å². The van der Waals surface area contributed by atoms with Crippen molar-refractivity contribution in [3.8, 4) is 0 Å². The van der Waals surface area contributed by atoms with Crippen LogP contribution in [0.2, 0.25) is 0 Å². The molecule has 0 spiro atoms. The van der Waals surface area contributed by atoms with Gasteiger partial charge in [-0.2, -0.15) is 0 Å². The normalized spacial score (nSPS) is 15.4. The van der Waals surface area contributed by atoms with Crippen molar-refractivity contribution in [2.75, 3.05) is 25.0 Å². The van der Waals surface area contributed by atoms with E-state index in [4.69, 9.17) is 0 Å². The molecule has 1 aliphatic rings. The molecule has 3 rings (SSSR count). The number of aromatic nitrogens is 1. The summed E-state index contributed by atoms with van der Waals surface area (Å²) in [4.78, 5) is 6.88. The monoisotopic (exact) mass is 247 g/mol. The first-order valence-corrected chi connectivity index (χ1v) is 6.95. The fourth-order valence-corrected chi connectivity index (χ4v) is 2.80. The van der Waals surface area contributed by atoms with Gasteiger partial charge in [0, 0.05) is 26.2 Å². The van der Waals surface area contributed by atoms with Gasteiger partial charge in [0.15, 0.2) is 5.13 Å². The maximum Gasteiger partial charge on any atom is 0.186 e. The first-order chi connectivity index (χ1) is 8.33. The highest BCUT2D eigenvalue weighted by molar-refractivity contribution is 7.22. The summed E-state index contributed by atoms with van der Waals surface area (Å²) in [6.07, 6.45) is 2.70. The Labute approximate surface area is 105 Å². The van der Waals surface area contributed by atoms with Gasteiger partial charge < -0.3 is 10.2 Å². The van der Waals surface area contributed by atoms with Crippen LogP contribution < -0.4 is 10.2 Å². The molecule has 0 unspecified atom stereocenters. The van der Waals surface area contributed by atoms with Gasteiger partial charge in [-0.05, 0) is 25.0 Å². The number of anilines is 1. The summed E-state index contributed by atoms with van der Waals surface area (Å²) in [7, 11) is 2.12. The minimum atomic E-state index is 0.791. The molecule has 1 fully saturated rings. The second-order valence-electron chi connectivity index (χ2n) is 4.61. The minimum absolute atomic E-state index is 0.791. The fraction of sp³-hybridized carbons (Fsp3) is 0.462. The van der Waals surface area contributed by atoms with Crippen LogP contribution in [0.3, 0.4) is 0 Å². The Bertz CT molecular complexity index is 471. The molecule has 0 radical (unpaired) electrons. The largest absolute Gasteiger partial charge is 0.350 e. The summed E-state index contributed by atoms with van der Waals surface area (Å²) >= 11 is 1.77. The summed E-state index contributed by atoms with van der Waals surface area (Å²) in [5, 5.41) is 4.64. The molecule has 1 heterocycles. The highest BCUT2D eigenvalue weighted by Crippen LogP contribution is 2.27. The molecule has 1 aliphatic carbocycles. The summed E-state index contributed by atoms with van der Waals surface area (Å²) < 4.78 is 1.27. The zero-order chi connectivity index (χ0) is 11.7. The average Bonchev–Trinajstić information content (AvgIpc) is 3.06. The summed E-state index contributed by atoms with van der Waals surface area (Å²) in [6.45, 7) is 2.08. The quantitative estimate of drug-likeness (QED) is 0.880.